The van der Waals surface area contributed by atoms with E-state index in [0.717, 1.165) is 12.1 Å². The van der Waals surface area contributed by atoms with Crippen molar-refractivity contribution in [2.24, 2.45) is 0 Å². The quantitative estimate of drug-likeness (QED) is 0.941. The van der Waals surface area contributed by atoms with E-state index in [1.807, 2.05) is 0 Å². The molecule has 0 aliphatic rings. The Morgan fingerprint density at radius 3 is 2.80 bits per heavy atom. The molecule has 1 heterocycles. The standard InChI is InChI=1S/C13H12F2N2O2S/c1-17(4-5-18)13(19)11-7-20-12(16-11)8-2-3-9(14)10(15)6-8/h2-3,6-7,18H,4-5H2,1H3. The Kier molecular flexibility index (Phi) is 4.41. The SMILES string of the molecule is CN(CCO)C(=O)c1csc(-c2ccc(F)c(F)c2)n1. The lowest BCUT2D eigenvalue weighted by molar-refractivity contribution is 0.0762. The van der Waals surface area contributed by atoms with Crippen LogP contribution in [0.15, 0.2) is 23.6 Å². The van der Waals surface area contributed by atoms with Gasteiger partial charge < -0.3 is 10.0 Å². The molecule has 0 atom stereocenters. The summed E-state index contributed by atoms with van der Waals surface area (Å²) in [5.41, 5.74) is 0.628. The van der Waals surface area contributed by atoms with E-state index >= 15 is 0 Å². The van der Waals surface area contributed by atoms with E-state index in [1.54, 1.807) is 12.4 Å². The summed E-state index contributed by atoms with van der Waals surface area (Å²) >= 11 is 1.17. The van der Waals surface area contributed by atoms with Gasteiger partial charge in [-0.25, -0.2) is 13.8 Å². The van der Waals surface area contributed by atoms with Crippen molar-refractivity contribution < 1.29 is 18.7 Å². The first-order chi connectivity index (χ1) is 9.52. The molecule has 7 heteroatoms. The zero-order chi connectivity index (χ0) is 14.7. The fourth-order valence-corrected chi connectivity index (χ4v) is 2.37. The zero-order valence-electron chi connectivity index (χ0n) is 10.6. The number of carbonyl (C=O) groups is 1. The number of halogens is 2. The molecule has 0 radical (unpaired) electrons. The summed E-state index contributed by atoms with van der Waals surface area (Å²) in [6, 6.07) is 3.47. The minimum Gasteiger partial charge on any atom is -0.395 e. The van der Waals surface area contributed by atoms with Crippen LogP contribution in [0.5, 0.6) is 0 Å². The highest BCUT2D eigenvalue weighted by atomic mass is 32.1. The minimum atomic E-state index is -0.956. The second kappa shape index (κ2) is 6.06. The van der Waals surface area contributed by atoms with Gasteiger partial charge in [0.2, 0.25) is 0 Å². The molecule has 4 nitrogen and oxygen atoms in total. The third-order valence-corrected chi connectivity index (χ3v) is 3.56. The van der Waals surface area contributed by atoms with Gasteiger partial charge in [-0.05, 0) is 18.2 Å². The highest BCUT2D eigenvalue weighted by molar-refractivity contribution is 7.13. The highest BCUT2D eigenvalue weighted by Gasteiger charge is 2.16. The molecule has 2 aromatic rings. The summed E-state index contributed by atoms with van der Waals surface area (Å²) in [6.07, 6.45) is 0. The van der Waals surface area contributed by atoms with Crippen LogP contribution in [-0.4, -0.2) is 41.1 Å². The van der Waals surface area contributed by atoms with Gasteiger partial charge in [0, 0.05) is 24.5 Å². The molecule has 1 N–H and O–H groups in total. The molecule has 0 aliphatic carbocycles. The second-order valence-electron chi connectivity index (χ2n) is 4.12. The maximum absolute atomic E-state index is 13.2. The number of hydrogen-bond donors (Lipinski definition) is 1. The van der Waals surface area contributed by atoms with Gasteiger partial charge in [0.25, 0.3) is 5.91 Å². The molecule has 0 saturated carbocycles. The van der Waals surface area contributed by atoms with Crippen LogP contribution in [0.25, 0.3) is 10.6 Å². The lowest BCUT2D eigenvalue weighted by Crippen LogP contribution is -2.29. The number of aliphatic hydroxyl groups excluding tert-OH is 1. The van der Waals surface area contributed by atoms with Crippen LogP contribution >= 0.6 is 11.3 Å². The second-order valence-corrected chi connectivity index (χ2v) is 4.98. The molecule has 20 heavy (non-hydrogen) atoms. The Balaban J connectivity index is 2.24. The smallest absolute Gasteiger partial charge is 0.273 e. The first kappa shape index (κ1) is 14.5. The minimum absolute atomic E-state index is 0.137. The fourth-order valence-electron chi connectivity index (χ4n) is 1.58. The Bertz CT molecular complexity index is 631. The Morgan fingerprint density at radius 1 is 1.40 bits per heavy atom. The van der Waals surface area contributed by atoms with E-state index in [9.17, 15) is 13.6 Å². The number of thiazole rings is 1. The predicted molar refractivity (Wildman–Crippen MR) is 71.5 cm³/mol. The Labute approximate surface area is 118 Å². The van der Waals surface area contributed by atoms with Crippen molar-refractivity contribution in [3.05, 3.63) is 40.9 Å². The Hall–Kier alpha value is -1.86. The van der Waals surface area contributed by atoms with Gasteiger partial charge in [-0.3, -0.25) is 4.79 Å². The molecule has 0 aliphatic heterocycles. The van der Waals surface area contributed by atoms with Crippen molar-refractivity contribution in [2.75, 3.05) is 20.2 Å². The van der Waals surface area contributed by atoms with Gasteiger partial charge in [-0.1, -0.05) is 0 Å². The number of aromatic nitrogens is 1. The first-order valence-corrected chi connectivity index (χ1v) is 6.68. The molecule has 2 rings (SSSR count). The maximum Gasteiger partial charge on any atom is 0.273 e. The number of nitrogens with zero attached hydrogens (tertiary/aromatic N) is 2. The molecule has 0 unspecified atom stereocenters. The topological polar surface area (TPSA) is 53.4 Å². The van der Waals surface area contributed by atoms with Crippen LogP contribution in [0, 0.1) is 11.6 Å². The van der Waals surface area contributed by atoms with Gasteiger partial charge in [-0.2, -0.15) is 0 Å². The van der Waals surface area contributed by atoms with E-state index in [0.29, 0.717) is 10.6 Å². The van der Waals surface area contributed by atoms with Crippen molar-refractivity contribution in [2.45, 2.75) is 0 Å². The number of rotatable bonds is 4. The van der Waals surface area contributed by atoms with Crippen molar-refractivity contribution in [3.63, 3.8) is 0 Å². The van der Waals surface area contributed by atoms with Gasteiger partial charge >= 0.3 is 0 Å². The highest BCUT2D eigenvalue weighted by Crippen LogP contribution is 2.25. The predicted octanol–water partition coefficient (Wildman–Crippen LogP) is 2.15. The van der Waals surface area contributed by atoms with Gasteiger partial charge in [0.1, 0.15) is 10.7 Å². The summed E-state index contributed by atoms with van der Waals surface area (Å²) in [5, 5.41) is 10.8. The summed E-state index contributed by atoms with van der Waals surface area (Å²) in [7, 11) is 1.55. The number of hydrogen-bond acceptors (Lipinski definition) is 4. The molecule has 1 amide bonds. The van der Waals surface area contributed by atoms with Crippen LogP contribution in [-0.2, 0) is 0 Å². The van der Waals surface area contributed by atoms with E-state index in [-0.39, 0.29) is 24.8 Å². The lowest BCUT2D eigenvalue weighted by atomic mass is 10.2. The third-order valence-electron chi connectivity index (χ3n) is 2.67. The maximum atomic E-state index is 13.2. The van der Waals surface area contributed by atoms with Gasteiger partial charge in [0.05, 0.1) is 6.61 Å². The van der Waals surface area contributed by atoms with Crippen LogP contribution in [0.3, 0.4) is 0 Å². The normalized spacial score (nSPS) is 10.6. The molecule has 0 saturated heterocycles. The van der Waals surface area contributed by atoms with Crippen molar-refractivity contribution >= 4 is 17.2 Å². The van der Waals surface area contributed by atoms with Crippen molar-refractivity contribution in [3.8, 4) is 10.6 Å². The molecular formula is C13H12F2N2O2S. The molecule has 106 valence electrons. The van der Waals surface area contributed by atoms with E-state index in [4.69, 9.17) is 5.11 Å². The zero-order valence-corrected chi connectivity index (χ0v) is 11.5. The largest absolute Gasteiger partial charge is 0.395 e. The van der Waals surface area contributed by atoms with Gasteiger partial charge in [-0.15, -0.1) is 11.3 Å². The number of benzene rings is 1. The van der Waals surface area contributed by atoms with Crippen LogP contribution < -0.4 is 0 Å². The lowest BCUT2D eigenvalue weighted by Gasteiger charge is -2.13. The molecule has 0 bridgehead atoms. The van der Waals surface area contributed by atoms with Crippen LogP contribution in [0.2, 0.25) is 0 Å². The number of amides is 1. The van der Waals surface area contributed by atoms with Crippen molar-refractivity contribution in [1.29, 1.82) is 0 Å². The fraction of sp³-hybridized carbons (Fsp3) is 0.231. The molecule has 1 aromatic heterocycles. The molecular weight excluding hydrogens is 286 g/mol. The molecule has 0 fully saturated rings. The van der Waals surface area contributed by atoms with Gasteiger partial charge in [0.15, 0.2) is 11.6 Å². The summed E-state index contributed by atoms with van der Waals surface area (Å²) < 4.78 is 26.0. The number of likely N-dealkylation sites (N-methyl/N-ethyl adjacent to an activating group) is 1. The monoisotopic (exact) mass is 298 g/mol. The number of aliphatic hydroxyl groups is 1. The van der Waals surface area contributed by atoms with E-state index < -0.39 is 11.6 Å². The van der Waals surface area contributed by atoms with Crippen LogP contribution in [0.1, 0.15) is 10.5 Å². The summed E-state index contributed by atoms with van der Waals surface area (Å²) in [5.74, 6) is -2.21. The molecule has 0 spiro atoms. The summed E-state index contributed by atoms with van der Waals surface area (Å²) in [6.45, 7) is 0.0687. The number of carbonyl (C=O) groups excluding carboxylic acids is 1. The Morgan fingerprint density at radius 2 is 2.15 bits per heavy atom. The van der Waals surface area contributed by atoms with Crippen molar-refractivity contribution in [1.82, 2.24) is 9.88 Å². The average Bonchev–Trinajstić information content (AvgIpc) is 2.91. The van der Waals surface area contributed by atoms with Crippen LogP contribution in [0.4, 0.5) is 8.78 Å². The first-order valence-electron chi connectivity index (χ1n) is 5.80. The third kappa shape index (κ3) is 3.00. The molecule has 1 aromatic carbocycles. The summed E-state index contributed by atoms with van der Waals surface area (Å²) in [4.78, 5) is 17.4. The average molecular weight is 298 g/mol. The van der Waals surface area contributed by atoms with E-state index in [1.165, 1.54) is 22.3 Å². The van der Waals surface area contributed by atoms with E-state index in [2.05, 4.69) is 4.98 Å².